The number of phenolic OH excluding ortho intramolecular Hbond substituents is 1. The van der Waals surface area contributed by atoms with Crippen LogP contribution in [0.2, 0.25) is 0 Å². The van der Waals surface area contributed by atoms with Crippen molar-refractivity contribution in [2.75, 3.05) is 0 Å². The normalized spacial score (nSPS) is 11.8. The number of aromatic hydroxyl groups is 1. The summed E-state index contributed by atoms with van der Waals surface area (Å²) in [5.74, 6) is -0.671. The molecule has 0 aliphatic heterocycles. The Morgan fingerprint density at radius 2 is 1.53 bits per heavy atom. The summed E-state index contributed by atoms with van der Waals surface area (Å²) in [6, 6.07) is 2.53. The van der Waals surface area contributed by atoms with Gasteiger partial charge in [0.05, 0.1) is 4.90 Å². The SMILES string of the molecule is O=I(=O)c1ccc(S(=O)(=O)O)cc1O.O=P(O)(O)O. The lowest BCUT2D eigenvalue weighted by molar-refractivity contribution is 0.275. The zero-order chi connectivity index (χ0) is 15.4. The molecule has 0 heterocycles. The van der Waals surface area contributed by atoms with E-state index in [0.29, 0.717) is 6.07 Å². The Hall–Kier alpha value is -0.630. The van der Waals surface area contributed by atoms with Gasteiger partial charge >= 0.3 is 27.6 Å². The highest BCUT2D eigenvalue weighted by Gasteiger charge is 2.14. The predicted octanol–water partition coefficient (Wildman–Crippen LogP) is 0.0773. The fourth-order valence-electron chi connectivity index (χ4n) is 0.783. The fraction of sp³-hybridized carbons (Fsp3) is 0. The molecule has 19 heavy (non-hydrogen) atoms. The Kier molecular flexibility index (Phi) is 6.47. The van der Waals surface area contributed by atoms with Crippen LogP contribution in [0.3, 0.4) is 0 Å². The fourth-order valence-corrected chi connectivity index (χ4v) is 2.36. The topological polar surface area (TPSA) is 186 Å². The summed E-state index contributed by atoms with van der Waals surface area (Å²) in [4.78, 5) is 21.0. The highest BCUT2D eigenvalue weighted by molar-refractivity contribution is 14.2. The van der Waals surface area contributed by atoms with E-state index in [4.69, 9.17) is 28.9 Å². The third kappa shape index (κ3) is 8.20. The van der Waals surface area contributed by atoms with Crippen LogP contribution in [0.5, 0.6) is 5.75 Å². The maximum Gasteiger partial charge on any atom is 0.466 e. The van der Waals surface area contributed by atoms with Crippen molar-refractivity contribution in [3.05, 3.63) is 21.8 Å². The average Bonchev–Trinajstić information content (AvgIpc) is 2.12. The van der Waals surface area contributed by atoms with Crippen LogP contribution in [0.15, 0.2) is 23.1 Å². The molecule has 0 radical (unpaired) electrons. The molecular formula is C6H8IO10PS. The molecule has 1 aromatic rings. The second-order valence-corrected chi connectivity index (χ2v) is 7.67. The van der Waals surface area contributed by atoms with E-state index in [1.165, 1.54) is 0 Å². The van der Waals surface area contributed by atoms with Crippen molar-refractivity contribution in [1.82, 2.24) is 0 Å². The van der Waals surface area contributed by atoms with E-state index in [9.17, 15) is 14.6 Å². The van der Waals surface area contributed by atoms with Crippen LogP contribution < -0.4 is 0 Å². The molecule has 0 aliphatic carbocycles. The lowest BCUT2D eigenvalue weighted by Gasteiger charge is -1.98. The molecule has 5 N–H and O–H groups in total. The molecule has 0 aliphatic rings. The van der Waals surface area contributed by atoms with Gasteiger partial charge in [-0.1, -0.05) is 0 Å². The number of hydrogen-bond acceptors (Lipinski definition) is 6. The summed E-state index contributed by atoms with van der Waals surface area (Å²) in [6.45, 7) is 0. The molecule has 10 nitrogen and oxygen atoms in total. The maximum absolute atomic E-state index is 10.6. The molecule has 0 aromatic heterocycles. The van der Waals surface area contributed by atoms with E-state index < -0.39 is 48.4 Å². The highest BCUT2D eigenvalue weighted by Crippen LogP contribution is 2.29. The first-order valence-electron chi connectivity index (χ1n) is 3.96. The smallest absolute Gasteiger partial charge is 0.466 e. The number of benzene rings is 1. The molecule has 0 spiro atoms. The Balaban J connectivity index is 0.000000555. The van der Waals surface area contributed by atoms with Crippen LogP contribution >= 0.6 is 27.6 Å². The Bertz CT molecular complexity index is 655. The first kappa shape index (κ1) is 18.4. The Labute approximate surface area is 113 Å². The van der Waals surface area contributed by atoms with Gasteiger partial charge in [-0.2, -0.15) is 8.42 Å². The van der Waals surface area contributed by atoms with Crippen LogP contribution in [-0.4, -0.2) is 32.8 Å². The molecule has 0 bridgehead atoms. The summed E-state index contributed by atoms with van der Waals surface area (Å²) >= 11 is -3.83. The standard InChI is InChI=1S/C6H5IO6S.H3O4P/c8-6-3-4(14(11,12)13)1-2-5(6)7(9)10;1-5(2,3)4/h1-3,8H,(H,11,12,13);(H3,1,2,3,4). The summed E-state index contributed by atoms with van der Waals surface area (Å²) in [5, 5.41) is 9.09. The molecule has 1 aromatic carbocycles. The van der Waals surface area contributed by atoms with Crippen LogP contribution in [0.1, 0.15) is 0 Å². The molecule has 0 unspecified atom stereocenters. The van der Waals surface area contributed by atoms with Gasteiger partial charge < -0.3 is 19.8 Å². The second-order valence-electron chi connectivity index (χ2n) is 2.82. The van der Waals surface area contributed by atoms with Crippen molar-refractivity contribution in [2.24, 2.45) is 0 Å². The van der Waals surface area contributed by atoms with Crippen molar-refractivity contribution in [2.45, 2.75) is 4.90 Å². The number of phenols is 1. The number of halogens is 1. The predicted molar refractivity (Wildman–Crippen MR) is 66.3 cm³/mol. The van der Waals surface area contributed by atoms with E-state index >= 15 is 0 Å². The van der Waals surface area contributed by atoms with E-state index in [-0.39, 0.29) is 3.57 Å². The Morgan fingerprint density at radius 1 is 1.11 bits per heavy atom. The van der Waals surface area contributed by atoms with Crippen LogP contribution in [-0.2, 0) is 20.8 Å². The molecule has 0 fully saturated rings. The van der Waals surface area contributed by atoms with Gasteiger partial charge in [0.1, 0.15) is 9.32 Å². The van der Waals surface area contributed by atoms with Gasteiger partial charge in [-0.25, -0.2) is 10.7 Å². The Morgan fingerprint density at radius 3 is 1.79 bits per heavy atom. The first-order chi connectivity index (χ1) is 8.32. The van der Waals surface area contributed by atoms with E-state index in [1.54, 1.807) is 0 Å². The lowest BCUT2D eigenvalue weighted by atomic mass is 10.3. The largest absolute Gasteiger partial charge is 0.507 e. The molecule has 13 heteroatoms. The second kappa shape index (κ2) is 6.69. The lowest BCUT2D eigenvalue weighted by Crippen LogP contribution is -1.97. The third-order valence-corrected chi connectivity index (χ3v) is 4.09. The average molecular weight is 430 g/mol. The molecule has 110 valence electrons. The van der Waals surface area contributed by atoms with Crippen molar-refractivity contribution in [3.63, 3.8) is 0 Å². The summed E-state index contributed by atoms with van der Waals surface area (Å²) < 4.78 is 59.4. The number of hydrogen-bond donors (Lipinski definition) is 5. The minimum Gasteiger partial charge on any atom is -0.507 e. The zero-order valence-electron chi connectivity index (χ0n) is 8.74. The van der Waals surface area contributed by atoms with E-state index in [1.807, 2.05) is 0 Å². The van der Waals surface area contributed by atoms with Gasteiger partial charge in [0.25, 0.3) is 10.1 Å². The van der Waals surface area contributed by atoms with Gasteiger partial charge in [0, 0.05) is 6.07 Å². The molecule has 1 rings (SSSR count). The third-order valence-electron chi connectivity index (χ3n) is 1.38. The highest BCUT2D eigenvalue weighted by atomic mass is 127. The summed E-state index contributed by atoms with van der Waals surface area (Å²) in [7, 11) is -9.05. The summed E-state index contributed by atoms with van der Waals surface area (Å²) in [6.07, 6.45) is 0. The molecular weight excluding hydrogens is 422 g/mol. The van der Waals surface area contributed by atoms with Gasteiger partial charge in [0.15, 0.2) is 0 Å². The van der Waals surface area contributed by atoms with E-state index in [2.05, 4.69) is 0 Å². The van der Waals surface area contributed by atoms with Gasteiger partial charge in [-0.3, -0.25) is 4.55 Å². The minimum absolute atomic E-state index is 0.304. The molecule has 0 saturated carbocycles. The number of phosphoric acid groups is 1. The molecule has 0 amide bonds. The quantitative estimate of drug-likeness (QED) is 0.244. The van der Waals surface area contributed by atoms with Crippen molar-refractivity contribution < 1.29 is 43.5 Å². The maximum atomic E-state index is 10.6. The monoisotopic (exact) mass is 430 g/mol. The van der Waals surface area contributed by atoms with Crippen LogP contribution in [0.4, 0.5) is 0 Å². The molecule has 0 saturated heterocycles. The van der Waals surface area contributed by atoms with Crippen molar-refractivity contribution in [3.8, 4) is 5.75 Å². The van der Waals surface area contributed by atoms with Crippen LogP contribution in [0, 0.1) is 3.57 Å². The molecule has 0 atom stereocenters. The minimum atomic E-state index is -4.64. The summed E-state index contributed by atoms with van der Waals surface area (Å²) in [5.41, 5.74) is 0. The van der Waals surface area contributed by atoms with Crippen molar-refractivity contribution >= 4 is 37.7 Å². The van der Waals surface area contributed by atoms with Gasteiger partial charge in [-0.15, -0.1) is 0 Å². The number of rotatable bonds is 2. The van der Waals surface area contributed by atoms with Gasteiger partial charge in [0.2, 0.25) is 0 Å². The van der Waals surface area contributed by atoms with Crippen LogP contribution in [0.25, 0.3) is 0 Å². The van der Waals surface area contributed by atoms with Crippen molar-refractivity contribution in [1.29, 1.82) is 0 Å². The zero-order valence-corrected chi connectivity index (χ0v) is 12.6. The van der Waals surface area contributed by atoms with E-state index in [0.717, 1.165) is 12.1 Å². The van der Waals surface area contributed by atoms with Gasteiger partial charge in [-0.05, 0) is 12.1 Å². The first-order valence-corrected chi connectivity index (χ1v) is 9.81.